The summed E-state index contributed by atoms with van der Waals surface area (Å²) in [5, 5.41) is 2.06. The van der Waals surface area contributed by atoms with Crippen molar-refractivity contribution >= 4 is 28.1 Å². The highest BCUT2D eigenvalue weighted by Gasteiger charge is 2.19. The third-order valence-electron chi connectivity index (χ3n) is 6.93. The lowest BCUT2D eigenvalue weighted by molar-refractivity contribution is 0.0773. The van der Waals surface area contributed by atoms with Gasteiger partial charge in [0.05, 0.1) is 5.69 Å². The molecule has 1 aliphatic rings. The number of carbonyl (C=O) groups is 1. The molecule has 2 N–H and O–H groups in total. The van der Waals surface area contributed by atoms with E-state index in [1.54, 1.807) is 6.20 Å². The Hall–Kier alpha value is -4.03. The quantitative estimate of drug-likeness (QED) is 0.394. The number of nitrogens with two attached hydrogens (primary N) is 1. The van der Waals surface area contributed by atoms with Crippen LogP contribution in [0.4, 0.5) is 5.82 Å². The normalized spacial score (nSPS) is 13.7. The maximum Gasteiger partial charge on any atom is 0.254 e. The van der Waals surface area contributed by atoms with Gasteiger partial charge in [0, 0.05) is 43.0 Å². The van der Waals surface area contributed by atoms with E-state index in [1.807, 2.05) is 29.3 Å². The minimum Gasteiger partial charge on any atom is -0.383 e. The first-order valence-electron chi connectivity index (χ1n) is 12.8. The second-order valence-electron chi connectivity index (χ2n) is 9.95. The lowest BCUT2D eigenvalue weighted by Crippen LogP contribution is -2.34. The van der Waals surface area contributed by atoms with Crippen LogP contribution in [0.15, 0.2) is 79.1 Å². The molecule has 2 aromatic carbocycles. The smallest absolute Gasteiger partial charge is 0.254 e. The molecule has 0 spiro atoms. The highest BCUT2D eigenvalue weighted by molar-refractivity contribution is 5.95. The summed E-state index contributed by atoms with van der Waals surface area (Å²) in [5.41, 5.74) is 12.8. The topological polar surface area (TPSA) is 75.4 Å². The minimum atomic E-state index is 0.0799. The molecule has 0 atom stereocenters. The lowest BCUT2D eigenvalue weighted by Gasteiger charge is -2.27. The van der Waals surface area contributed by atoms with Crippen LogP contribution in [0.25, 0.3) is 16.3 Å². The van der Waals surface area contributed by atoms with Crippen LogP contribution in [0, 0.1) is 0 Å². The summed E-state index contributed by atoms with van der Waals surface area (Å²) in [6, 6.07) is 20.6. The SMILES string of the molecule is CN(C)Cc1cc(CCc2ccc(C(=O)N3CC=C(c4ccc5ccnc(N)c5c4)CC3)cc2)ccn1. The zero-order valence-corrected chi connectivity index (χ0v) is 21.5. The van der Waals surface area contributed by atoms with E-state index in [-0.39, 0.29) is 5.91 Å². The molecule has 1 amide bonds. The molecule has 2 aromatic heterocycles. The molecular weight excluding hydrogens is 458 g/mol. The van der Waals surface area contributed by atoms with Crippen LogP contribution in [0.5, 0.6) is 0 Å². The molecule has 1 aliphatic heterocycles. The van der Waals surface area contributed by atoms with Gasteiger partial charge in [0.25, 0.3) is 5.91 Å². The number of rotatable bonds is 7. The van der Waals surface area contributed by atoms with Crippen LogP contribution in [-0.4, -0.2) is 52.9 Å². The van der Waals surface area contributed by atoms with E-state index >= 15 is 0 Å². The standard InChI is InChI=1S/C31H33N5O/c1-35(2)21-28-19-23(11-15-33-28)4-3-22-5-7-26(8-6-22)31(37)36-17-13-24(14-18-36)27-10-9-25-12-16-34-30(32)29(25)20-27/h5-13,15-16,19-20H,3-4,14,17-18,21H2,1-2H3,(H2,32,34). The molecule has 6 nitrogen and oxygen atoms in total. The highest BCUT2D eigenvalue weighted by atomic mass is 16.2. The van der Waals surface area contributed by atoms with Gasteiger partial charge in [-0.05, 0) is 97.4 Å². The fraction of sp³-hybridized carbons (Fsp3) is 0.258. The van der Waals surface area contributed by atoms with Gasteiger partial charge in [0.2, 0.25) is 0 Å². The zero-order chi connectivity index (χ0) is 25.8. The van der Waals surface area contributed by atoms with Gasteiger partial charge in [-0.25, -0.2) is 4.98 Å². The number of pyridine rings is 2. The number of fused-ring (bicyclic) bond motifs is 1. The fourth-order valence-corrected chi connectivity index (χ4v) is 4.89. The number of amides is 1. The highest BCUT2D eigenvalue weighted by Crippen LogP contribution is 2.28. The summed E-state index contributed by atoms with van der Waals surface area (Å²) in [4.78, 5) is 25.8. The van der Waals surface area contributed by atoms with Crippen molar-refractivity contribution in [3.05, 3.63) is 107 Å². The van der Waals surface area contributed by atoms with E-state index in [0.717, 1.165) is 53.4 Å². The Kier molecular flexibility index (Phi) is 7.28. The van der Waals surface area contributed by atoms with Crippen molar-refractivity contribution in [2.45, 2.75) is 25.8 Å². The molecule has 0 unspecified atom stereocenters. The Morgan fingerprint density at radius 3 is 2.49 bits per heavy atom. The van der Waals surface area contributed by atoms with Gasteiger partial charge in [-0.15, -0.1) is 0 Å². The van der Waals surface area contributed by atoms with Crippen molar-refractivity contribution in [3.8, 4) is 0 Å². The first-order chi connectivity index (χ1) is 18.0. The van der Waals surface area contributed by atoms with Crippen LogP contribution >= 0.6 is 0 Å². The monoisotopic (exact) mass is 491 g/mol. The zero-order valence-electron chi connectivity index (χ0n) is 21.5. The van der Waals surface area contributed by atoms with E-state index < -0.39 is 0 Å². The summed E-state index contributed by atoms with van der Waals surface area (Å²) >= 11 is 0. The third-order valence-corrected chi connectivity index (χ3v) is 6.93. The van der Waals surface area contributed by atoms with E-state index in [9.17, 15) is 4.79 Å². The lowest BCUT2D eigenvalue weighted by atomic mass is 9.96. The molecule has 0 fully saturated rings. The van der Waals surface area contributed by atoms with Crippen molar-refractivity contribution in [1.29, 1.82) is 0 Å². The molecule has 3 heterocycles. The molecule has 0 saturated heterocycles. The largest absolute Gasteiger partial charge is 0.383 e. The summed E-state index contributed by atoms with van der Waals surface area (Å²) < 4.78 is 0. The molecule has 0 aliphatic carbocycles. The number of benzene rings is 2. The van der Waals surface area contributed by atoms with Crippen LogP contribution in [0.2, 0.25) is 0 Å². The number of aromatic nitrogens is 2. The Morgan fingerprint density at radius 2 is 1.73 bits per heavy atom. The van der Waals surface area contributed by atoms with Gasteiger partial charge in [-0.2, -0.15) is 0 Å². The Bertz CT molecular complexity index is 1440. The summed E-state index contributed by atoms with van der Waals surface area (Å²) in [5.74, 6) is 0.627. The van der Waals surface area contributed by atoms with Crippen LogP contribution in [-0.2, 0) is 19.4 Å². The van der Waals surface area contributed by atoms with E-state index in [0.29, 0.717) is 18.9 Å². The summed E-state index contributed by atoms with van der Waals surface area (Å²) in [7, 11) is 4.10. The number of anilines is 1. The summed E-state index contributed by atoms with van der Waals surface area (Å²) in [6.45, 7) is 2.14. The fourth-order valence-electron chi connectivity index (χ4n) is 4.89. The summed E-state index contributed by atoms with van der Waals surface area (Å²) in [6.07, 6.45) is 8.48. The second-order valence-corrected chi connectivity index (χ2v) is 9.95. The predicted molar refractivity (Wildman–Crippen MR) is 150 cm³/mol. The number of carbonyl (C=O) groups excluding carboxylic acids is 1. The first kappa shape index (κ1) is 24.7. The van der Waals surface area contributed by atoms with Crippen molar-refractivity contribution in [2.75, 3.05) is 32.9 Å². The molecule has 0 bridgehead atoms. The number of hydrogen-bond acceptors (Lipinski definition) is 5. The Balaban J connectivity index is 1.19. The van der Waals surface area contributed by atoms with Crippen molar-refractivity contribution < 1.29 is 4.79 Å². The average molecular weight is 492 g/mol. The maximum atomic E-state index is 13.1. The average Bonchev–Trinajstić information content (AvgIpc) is 2.92. The molecule has 5 rings (SSSR count). The predicted octanol–water partition coefficient (Wildman–Crippen LogP) is 4.99. The van der Waals surface area contributed by atoms with Crippen molar-refractivity contribution in [3.63, 3.8) is 0 Å². The Morgan fingerprint density at radius 1 is 0.946 bits per heavy atom. The van der Waals surface area contributed by atoms with Crippen molar-refractivity contribution in [2.24, 2.45) is 0 Å². The maximum absolute atomic E-state index is 13.1. The third kappa shape index (κ3) is 5.87. The van der Waals surface area contributed by atoms with Crippen LogP contribution in [0.1, 0.15) is 39.2 Å². The van der Waals surface area contributed by atoms with Gasteiger partial charge in [-0.3, -0.25) is 9.78 Å². The van der Waals surface area contributed by atoms with Gasteiger partial charge in [-0.1, -0.05) is 30.3 Å². The number of aryl methyl sites for hydroxylation is 2. The first-order valence-corrected chi connectivity index (χ1v) is 12.8. The molecule has 0 saturated carbocycles. The number of nitrogen functional groups attached to an aromatic ring is 1. The minimum absolute atomic E-state index is 0.0799. The van der Waals surface area contributed by atoms with Gasteiger partial charge >= 0.3 is 0 Å². The van der Waals surface area contributed by atoms with Gasteiger partial charge in [0.1, 0.15) is 5.82 Å². The van der Waals surface area contributed by atoms with Gasteiger partial charge in [0.15, 0.2) is 0 Å². The Labute approximate surface area is 218 Å². The molecule has 0 radical (unpaired) electrons. The number of nitrogens with zero attached hydrogens (tertiary/aromatic N) is 4. The van der Waals surface area contributed by atoms with E-state index in [2.05, 4.69) is 77.5 Å². The van der Waals surface area contributed by atoms with E-state index in [1.165, 1.54) is 16.7 Å². The molecule has 37 heavy (non-hydrogen) atoms. The van der Waals surface area contributed by atoms with Crippen LogP contribution in [0.3, 0.4) is 0 Å². The molecule has 6 heteroatoms. The number of hydrogen-bond donors (Lipinski definition) is 1. The second kappa shape index (κ2) is 10.9. The molecule has 188 valence electrons. The van der Waals surface area contributed by atoms with Crippen molar-refractivity contribution in [1.82, 2.24) is 19.8 Å². The van der Waals surface area contributed by atoms with Crippen LogP contribution < -0.4 is 5.73 Å². The molecule has 4 aromatic rings. The molecular formula is C31H33N5O. The van der Waals surface area contributed by atoms with Gasteiger partial charge < -0.3 is 15.5 Å². The van der Waals surface area contributed by atoms with E-state index in [4.69, 9.17) is 5.73 Å².